The first-order valence-corrected chi connectivity index (χ1v) is 9.69. The van der Waals surface area contributed by atoms with Crippen LogP contribution in [0, 0.1) is 0 Å². The van der Waals surface area contributed by atoms with Crippen molar-refractivity contribution in [3.8, 4) is 5.75 Å². The highest BCUT2D eigenvalue weighted by Crippen LogP contribution is 2.41. The second-order valence-corrected chi connectivity index (χ2v) is 7.48. The van der Waals surface area contributed by atoms with Crippen LogP contribution in [-0.4, -0.2) is 22.1 Å². The van der Waals surface area contributed by atoms with Gasteiger partial charge in [-0.1, -0.05) is 24.3 Å². The average Bonchev–Trinajstić information content (AvgIpc) is 3.32. The van der Waals surface area contributed by atoms with Crippen LogP contribution in [0.15, 0.2) is 66.2 Å². The first-order valence-electron chi connectivity index (χ1n) is 8.40. The largest absolute Gasteiger partial charge is 0.497 e. The highest BCUT2D eigenvalue weighted by atomic mass is 32.1. The first kappa shape index (κ1) is 17.0. The van der Waals surface area contributed by atoms with Crippen LogP contribution in [0.4, 0.5) is 0 Å². The van der Waals surface area contributed by atoms with Gasteiger partial charge in [-0.25, -0.2) is 0 Å². The fourth-order valence-electron chi connectivity index (χ4n) is 3.27. The lowest BCUT2D eigenvalue weighted by atomic mass is 10.0. The van der Waals surface area contributed by atoms with E-state index in [0.717, 1.165) is 23.1 Å². The molecule has 4 rings (SSSR count). The summed E-state index contributed by atoms with van der Waals surface area (Å²) >= 11 is 7.44. The lowest BCUT2D eigenvalue weighted by Gasteiger charge is -2.27. The van der Waals surface area contributed by atoms with Crippen molar-refractivity contribution in [3.05, 3.63) is 82.3 Å². The van der Waals surface area contributed by atoms with Crippen molar-refractivity contribution in [1.82, 2.24) is 15.2 Å². The molecular weight excluding hydrogens is 362 g/mol. The maximum atomic E-state index is 5.68. The Labute approximate surface area is 162 Å². The minimum atomic E-state index is 0.0422. The Balaban J connectivity index is 1.66. The highest BCUT2D eigenvalue weighted by molar-refractivity contribution is 7.80. The number of nitrogens with one attached hydrogen (secondary N) is 1. The van der Waals surface area contributed by atoms with E-state index in [0.29, 0.717) is 0 Å². The summed E-state index contributed by atoms with van der Waals surface area (Å²) in [6, 6.07) is 18.6. The zero-order chi connectivity index (χ0) is 17.9. The predicted molar refractivity (Wildman–Crippen MR) is 108 cm³/mol. The maximum Gasteiger partial charge on any atom is 0.170 e. The summed E-state index contributed by atoms with van der Waals surface area (Å²) in [6.07, 6.45) is 1.83. The average molecular weight is 382 g/mol. The van der Waals surface area contributed by atoms with Gasteiger partial charge in [0.15, 0.2) is 5.11 Å². The molecule has 1 N–H and O–H groups in total. The summed E-state index contributed by atoms with van der Waals surface area (Å²) in [5.74, 6) is 0.858. The molecule has 4 nitrogen and oxygen atoms in total. The number of thiophene rings is 1. The SMILES string of the molecule is COc1ccc(CN2C(=S)N[C@H](c3ccccn3)[C@H]2c2cccs2)cc1. The van der Waals surface area contributed by atoms with Crippen LogP contribution in [0.1, 0.15) is 28.2 Å². The number of hydrogen-bond donors (Lipinski definition) is 1. The Morgan fingerprint density at radius 1 is 1.15 bits per heavy atom. The standard InChI is InChI=1S/C20H19N3OS2/c1-24-15-9-7-14(8-10-15)13-23-19(17-6-4-12-26-17)18(22-20(23)25)16-5-2-3-11-21-16/h2-12,18-19H,13H2,1H3,(H,22,25)/t18-,19-/m1/s1. The Morgan fingerprint density at radius 3 is 2.65 bits per heavy atom. The molecule has 1 aliphatic heterocycles. The van der Waals surface area contributed by atoms with Crippen molar-refractivity contribution in [2.24, 2.45) is 0 Å². The molecule has 3 heterocycles. The fraction of sp³-hybridized carbons (Fsp3) is 0.200. The van der Waals surface area contributed by atoms with E-state index in [1.165, 1.54) is 10.4 Å². The van der Waals surface area contributed by atoms with Gasteiger partial charge in [-0.2, -0.15) is 0 Å². The lowest BCUT2D eigenvalue weighted by molar-refractivity contribution is 0.315. The topological polar surface area (TPSA) is 37.4 Å². The summed E-state index contributed by atoms with van der Waals surface area (Å²) in [4.78, 5) is 8.09. The van der Waals surface area contributed by atoms with E-state index in [1.54, 1.807) is 18.4 Å². The molecule has 132 valence electrons. The van der Waals surface area contributed by atoms with Gasteiger partial charge in [0.05, 0.1) is 24.9 Å². The van der Waals surface area contributed by atoms with E-state index in [1.807, 2.05) is 30.5 Å². The summed E-state index contributed by atoms with van der Waals surface area (Å²) in [5, 5.41) is 6.35. The molecule has 0 bridgehead atoms. The number of thiocarbonyl (C=S) groups is 1. The number of aromatic nitrogens is 1. The third-order valence-electron chi connectivity index (χ3n) is 4.54. The number of nitrogens with zero attached hydrogens (tertiary/aromatic N) is 2. The molecule has 6 heteroatoms. The van der Waals surface area contributed by atoms with Gasteiger partial charge < -0.3 is 15.0 Å². The number of ether oxygens (including phenoxy) is 1. The summed E-state index contributed by atoms with van der Waals surface area (Å²) in [7, 11) is 1.68. The molecular formula is C20H19N3OS2. The van der Waals surface area contributed by atoms with Crippen LogP contribution in [0.3, 0.4) is 0 Å². The summed E-state index contributed by atoms with van der Waals surface area (Å²) in [5.41, 5.74) is 2.20. The molecule has 0 unspecified atom stereocenters. The summed E-state index contributed by atoms with van der Waals surface area (Å²) < 4.78 is 5.26. The van der Waals surface area contributed by atoms with Gasteiger partial charge in [0.2, 0.25) is 0 Å². The molecule has 2 aromatic heterocycles. The molecule has 3 aromatic rings. The number of rotatable bonds is 5. The van der Waals surface area contributed by atoms with Gasteiger partial charge in [-0.05, 0) is 53.5 Å². The van der Waals surface area contributed by atoms with Crippen LogP contribution in [0.5, 0.6) is 5.75 Å². The monoisotopic (exact) mass is 381 g/mol. The van der Waals surface area contributed by atoms with E-state index >= 15 is 0 Å². The van der Waals surface area contributed by atoms with Crippen LogP contribution in [0.25, 0.3) is 0 Å². The molecule has 1 saturated heterocycles. The predicted octanol–water partition coefficient (Wildman–Crippen LogP) is 4.32. The Bertz CT molecular complexity index is 866. The number of methoxy groups -OCH3 is 1. The molecule has 1 aromatic carbocycles. The van der Waals surface area contributed by atoms with Crippen molar-refractivity contribution in [3.63, 3.8) is 0 Å². The zero-order valence-electron chi connectivity index (χ0n) is 14.3. The Morgan fingerprint density at radius 2 is 2.00 bits per heavy atom. The molecule has 1 aliphatic rings. The van der Waals surface area contributed by atoms with Gasteiger partial charge in [0, 0.05) is 17.6 Å². The van der Waals surface area contributed by atoms with Gasteiger partial charge >= 0.3 is 0 Å². The van der Waals surface area contributed by atoms with Crippen molar-refractivity contribution in [1.29, 1.82) is 0 Å². The molecule has 0 amide bonds. The van der Waals surface area contributed by atoms with Crippen molar-refractivity contribution >= 4 is 28.7 Å². The second-order valence-electron chi connectivity index (χ2n) is 6.12. The van der Waals surface area contributed by atoms with Crippen molar-refractivity contribution in [2.45, 2.75) is 18.6 Å². The first-order chi connectivity index (χ1) is 12.8. The quantitative estimate of drug-likeness (QED) is 0.666. The van der Waals surface area contributed by atoms with Crippen LogP contribution in [-0.2, 0) is 6.54 Å². The number of benzene rings is 1. The molecule has 0 aliphatic carbocycles. The molecule has 0 spiro atoms. The van der Waals surface area contributed by atoms with Crippen LogP contribution < -0.4 is 10.1 Å². The molecule has 26 heavy (non-hydrogen) atoms. The van der Waals surface area contributed by atoms with E-state index in [4.69, 9.17) is 17.0 Å². The van der Waals surface area contributed by atoms with Crippen molar-refractivity contribution < 1.29 is 4.74 Å². The number of pyridine rings is 1. The number of hydrogen-bond acceptors (Lipinski definition) is 4. The maximum absolute atomic E-state index is 5.68. The Hall–Kier alpha value is -2.44. The van der Waals surface area contributed by atoms with Gasteiger partial charge in [0.25, 0.3) is 0 Å². The van der Waals surface area contributed by atoms with E-state index in [2.05, 4.69) is 50.9 Å². The van der Waals surface area contributed by atoms with Crippen molar-refractivity contribution in [2.75, 3.05) is 7.11 Å². The lowest BCUT2D eigenvalue weighted by Crippen LogP contribution is -2.28. The van der Waals surface area contributed by atoms with E-state index < -0.39 is 0 Å². The minimum Gasteiger partial charge on any atom is -0.497 e. The second kappa shape index (κ2) is 7.43. The van der Waals surface area contributed by atoms with E-state index in [9.17, 15) is 0 Å². The molecule has 0 radical (unpaired) electrons. The summed E-state index contributed by atoms with van der Waals surface area (Å²) in [6.45, 7) is 0.738. The van der Waals surface area contributed by atoms with Gasteiger partial charge in [0.1, 0.15) is 5.75 Å². The fourth-order valence-corrected chi connectivity index (χ4v) is 4.45. The van der Waals surface area contributed by atoms with E-state index in [-0.39, 0.29) is 12.1 Å². The van der Waals surface area contributed by atoms with Gasteiger partial charge in [-0.15, -0.1) is 11.3 Å². The Kier molecular flexibility index (Phi) is 4.86. The molecule has 2 atom stereocenters. The van der Waals surface area contributed by atoms with Gasteiger partial charge in [-0.3, -0.25) is 4.98 Å². The molecule has 0 saturated carbocycles. The smallest absolute Gasteiger partial charge is 0.170 e. The highest BCUT2D eigenvalue weighted by Gasteiger charge is 2.40. The van der Waals surface area contributed by atoms with Crippen LogP contribution >= 0.6 is 23.6 Å². The zero-order valence-corrected chi connectivity index (χ0v) is 16.0. The minimum absolute atomic E-state index is 0.0422. The normalized spacial score (nSPS) is 19.4. The third-order valence-corrected chi connectivity index (χ3v) is 5.84. The molecule has 1 fully saturated rings. The third kappa shape index (κ3) is 3.30. The van der Waals surface area contributed by atoms with Crippen LogP contribution in [0.2, 0.25) is 0 Å².